The number of nitrogens with one attached hydrogen (secondary N) is 1. The SMILES string of the molecule is C=CCn1nnnc1SC(C)C(=O)NCC(F)(F)F. The smallest absolute Gasteiger partial charge is 0.346 e. The predicted molar refractivity (Wildman–Crippen MR) is 62.4 cm³/mol. The Hall–Kier alpha value is -1.58. The number of nitrogens with zero attached hydrogens (tertiary/aromatic N) is 4. The molecular formula is C9H12F3N5OS. The highest BCUT2D eigenvalue weighted by Crippen LogP contribution is 2.20. The van der Waals surface area contributed by atoms with Crippen molar-refractivity contribution >= 4 is 17.7 Å². The molecule has 0 bridgehead atoms. The van der Waals surface area contributed by atoms with Gasteiger partial charge in [-0.05, 0) is 17.4 Å². The maximum atomic E-state index is 12.0. The molecule has 1 N–H and O–H groups in total. The molecule has 1 aromatic heterocycles. The van der Waals surface area contributed by atoms with Crippen LogP contribution in [0.2, 0.25) is 0 Å². The van der Waals surface area contributed by atoms with Crippen molar-refractivity contribution in [3.63, 3.8) is 0 Å². The van der Waals surface area contributed by atoms with E-state index in [2.05, 4.69) is 22.1 Å². The lowest BCUT2D eigenvalue weighted by Gasteiger charge is -2.12. The number of rotatable bonds is 6. The molecule has 1 rings (SSSR count). The van der Waals surface area contributed by atoms with Gasteiger partial charge in [0.25, 0.3) is 0 Å². The number of tetrazole rings is 1. The van der Waals surface area contributed by atoms with Gasteiger partial charge in [-0.2, -0.15) is 13.2 Å². The van der Waals surface area contributed by atoms with Gasteiger partial charge in [0.1, 0.15) is 6.54 Å². The van der Waals surface area contributed by atoms with Crippen LogP contribution < -0.4 is 5.32 Å². The third kappa shape index (κ3) is 5.28. The molecule has 1 heterocycles. The molecular weight excluding hydrogens is 283 g/mol. The van der Waals surface area contributed by atoms with E-state index in [0.29, 0.717) is 11.7 Å². The normalized spacial score (nSPS) is 13.1. The van der Waals surface area contributed by atoms with E-state index in [1.165, 1.54) is 11.6 Å². The Labute approximate surface area is 111 Å². The van der Waals surface area contributed by atoms with Crippen LogP contribution in [0.1, 0.15) is 6.92 Å². The maximum absolute atomic E-state index is 12.0. The van der Waals surface area contributed by atoms with Crippen LogP contribution in [0.25, 0.3) is 0 Å². The molecule has 0 aromatic carbocycles. The van der Waals surface area contributed by atoms with Gasteiger partial charge in [0.2, 0.25) is 11.1 Å². The number of halogens is 3. The first-order valence-electron chi connectivity index (χ1n) is 5.21. The lowest BCUT2D eigenvalue weighted by Crippen LogP contribution is -2.38. The van der Waals surface area contributed by atoms with Gasteiger partial charge in [0.05, 0.1) is 11.8 Å². The second-order valence-electron chi connectivity index (χ2n) is 3.53. The molecule has 106 valence electrons. The first-order chi connectivity index (χ1) is 8.83. The van der Waals surface area contributed by atoms with Crippen molar-refractivity contribution in [2.75, 3.05) is 6.54 Å². The third-order valence-corrected chi connectivity index (χ3v) is 2.99. The molecule has 1 atom stereocenters. The van der Waals surface area contributed by atoms with E-state index in [0.717, 1.165) is 11.8 Å². The highest BCUT2D eigenvalue weighted by molar-refractivity contribution is 8.00. The van der Waals surface area contributed by atoms with E-state index in [-0.39, 0.29) is 0 Å². The summed E-state index contributed by atoms with van der Waals surface area (Å²) in [6, 6.07) is 0. The number of allylic oxidation sites excluding steroid dienone is 1. The Balaban J connectivity index is 2.54. The molecule has 19 heavy (non-hydrogen) atoms. The summed E-state index contributed by atoms with van der Waals surface area (Å²) in [5.41, 5.74) is 0. The summed E-state index contributed by atoms with van der Waals surface area (Å²) in [4.78, 5) is 11.5. The molecule has 0 saturated carbocycles. The van der Waals surface area contributed by atoms with Crippen molar-refractivity contribution < 1.29 is 18.0 Å². The minimum Gasteiger partial charge on any atom is -0.346 e. The van der Waals surface area contributed by atoms with Crippen LogP contribution >= 0.6 is 11.8 Å². The van der Waals surface area contributed by atoms with Gasteiger partial charge in [-0.15, -0.1) is 11.7 Å². The minimum atomic E-state index is -4.43. The summed E-state index contributed by atoms with van der Waals surface area (Å²) in [6.07, 6.45) is -2.86. The van der Waals surface area contributed by atoms with Crippen molar-refractivity contribution in [1.82, 2.24) is 25.5 Å². The van der Waals surface area contributed by atoms with E-state index >= 15 is 0 Å². The Morgan fingerprint density at radius 3 is 2.89 bits per heavy atom. The highest BCUT2D eigenvalue weighted by atomic mass is 32.2. The average Bonchev–Trinajstić information content (AvgIpc) is 2.73. The standard InChI is InChI=1S/C9H12F3N5OS/c1-3-4-17-8(14-15-16-17)19-6(2)7(18)13-5-9(10,11)12/h3,6H,1,4-5H2,2H3,(H,13,18). The first kappa shape index (κ1) is 15.5. The van der Waals surface area contributed by atoms with Crippen molar-refractivity contribution in [2.24, 2.45) is 0 Å². The Kier molecular flexibility index (Phi) is 5.33. The Morgan fingerprint density at radius 2 is 2.32 bits per heavy atom. The van der Waals surface area contributed by atoms with E-state index < -0.39 is 23.9 Å². The van der Waals surface area contributed by atoms with Crippen molar-refractivity contribution in [1.29, 1.82) is 0 Å². The van der Waals surface area contributed by atoms with Crippen molar-refractivity contribution in [3.05, 3.63) is 12.7 Å². The number of hydrogen-bond donors (Lipinski definition) is 1. The Bertz CT molecular complexity index is 447. The second kappa shape index (κ2) is 6.55. The van der Waals surface area contributed by atoms with Gasteiger partial charge in [-0.25, -0.2) is 4.68 Å². The summed E-state index contributed by atoms with van der Waals surface area (Å²) in [5, 5.41) is 12.2. The molecule has 10 heteroatoms. The largest absolute Gasteiger partial charge is 0.405 e. The first-order valence-corrected chi connectivity index (χ1v) is 6.09. The van der Waals surface area contributed by atoms with Gasteiger partial charge in [-0.3, -0.25) is 4.79 Å². The van der Waals surface area contributed by atoms with Crippen LogP contribution in [0.5, 0.6) is 0 Å². The molecule has 0 radical (unpaired) electrons. The lowest BCUT2D eigenvalue weighted by molar-refractivity contribution is -0.137. The molecule has 0 aliphatic carbocycles. The van der Waals surface area contributed by atoms with Crippen LogP contribution in [-0.4, -0.2) is 44.1 Å². The number of carbonyl (C=O) groups is 1. The minimum absolute atomic E-state index is 0.342. The van der Waals surface area contributed by atoms with Gasteiger partial charge in [-0.1, -0.05) is 17.8 Å². The van der Waals surface area contributed by atoms with E-state index in [9.17, 15) is 18.0 Å². The number of alkyl halides is 3. The number of amides is 1. The monoisotopic (exact) mass is 295 g/mol. The molecule has 0 aliphatic heterocycles. The summed E-state index contributed by atoms with van der Waals surface area (Å²) in [7, 11) is 0. The van der Waals surface area contributed by atoms with Crippen LogP contribution in [0.4, 0.5) is 13.2 Å². The number of carbonyl (C=O) groups excluding carboxylic acids is 1. The molecule has 0 spiro atoms. The van der Waals surface area contributed by atoms with Crippen molar-refractivity contribution in [3.8, 4) is 0 Å². The fourth-order valence-corrected chi connectivity index (χ4v) is 1.88. The topological polar surface area (TPSA) is 72.7 Å². The summed E-state index contributed by atoms with van der Waals surface area (Å²) >= 11 is 0.975. The van der Waals surface area contributed by atoms with E-state index in [1.54, 1.807) is 11.4 Å². The highest BCUT2D eigenvalue weighted by Gasteiger charge is 2.29. The zero-order valence-corrected chi connectivity index (χ0v) is 10.8. The maximum Gasteiger partial charge on any atom is 0.405 e. The number of hydrogen-bond acceptors (Lipinski definition) is 5. The summed E-state index contributed by atoms with van der Waals surface area (Å²) in [6.45, 7) is 3.99. The molecule has 1 unspecified atom stereocenters. The summed E-state index contributed by atoms with van der Waals surface area (Å²) < 4.78 is 37.3. The zero-order valence-electron chi connectivity index (χ0n) is 10.0. The van der Waals surface area contributed by atoms with Gasteiger partial charge in [0.15, 0.2) is 0 Å². The van der Waals surface area contributed by atoms with E-state index in [1.807, 2.05) is 0 Å². The number of aromatic nitrogens is 4. The van der Waals surface area contributed by atoms with Crippen LogP contribution in [0.3, 0.4) is 0 Å². The fourth-order valence-electron chi connectivity index (χ4n) is 1.06. The Morgan fingerprint density at radius 1 is 1.63 bits per heavy atom. The zero-order chi connectivity index (χ0) is 14.5. The molecule has 0 saturated heterocycles. The molecule has 0 fully saturated rings. The van der Waals surface area contributed by atoms with Gasteiger partial charge >= 0.3 is 6.18 Å². The molecule has 1 aromatic rings. The molecule has 1 amide bonds. The van der Waals surface area contributed by atoms with Gasteiger partial charge < -0.3 is 5.32 Å². The van der Waals surface area contributed by atoms with Crippen molar-refractivity contribution in [2.45, 2.75) is 30.1 Å². The van der Waals surface area contributed by atoms with Crippen LogP contribution in [0, 0.1) is 0 Å². The average molecular weight is 295 g/mol. The fraction of sp³-hybridized carbons (Fsp3) is 0.556. The molecule has 6 nitrogen and oxygen atoms in total. The third-order valence-electron chi connectivity index (χ3n) is 1.92. The summed E-state index contributed by atoms with van der Waals surface area (Å²) in [5.74, 6) is -0.726. The quantitative estimate of drug-likeness (QED) is 0.626. The predicted octanol–water partition coefficient (Wildman–Crippen LogP) is 1.02. The lowest BCUT2D eigenvalue weighted by atomic mass is 10.4. The number of thioether (sulfide) groups is 1. The van der Waals surface area contributed by atoms with Crippen LogP contribution in [0.15, 0.2) is 17.8 Å². The molecule has 0 aliphatic rings. The second-order valence-corrected chi connectivity index (χ2v) is 4.83. The van der Waals surface area contributed by atoms with E-state index in [4.69, 9.17) is 0 Å². The van der Waals surface area contributed by atoms with Gasteiger partial charge in [0, 0.05) is 0 Å². The van der Waals surface area contributed by atoms with Crippen LogP contribution in [-0.2, 0) is 11.3 Å².